The number of hydrogen-bond donors (Lipinski definition) is 1. The maximum absolute atomic E-state index is 11.6. The lowest BCUT2D eigenvalue weighted by Crippen LogP contribution is -3.00. The Hall–Kier alpha value is -1.27. The van der Waals surface area contributed by atoms with Crippen molar-refractivity contribution in [2.75, 3.05) is 31.1 Å². The van der Waals surface area contributed by atoms with Crippen LogP contribution in [0.4, 0.5) is 5.69 Å². The number of carbonyl (C=O) groups excluding carboxylic acids is 1. The summed E-state index contributed by atoms with van der Waals surface area (Å²) in [5, 5.41) is 0.674. The molecule has 0 fully saturated rings. The van der Waals surface area contributed by atoms with Crippen LogP contribution in [0.15, 0.2) is 12.1 Å². The van der Waals surface area contributed by atoms with Crippen molar-refractivity contribution in [3.05, 3.63) is 28.3 Å². The molecule has 0 atom stereocenters. The SMILES string of the molecule is CCOC(=O)C[N+]1=C(N)N(c2c(C)cc(C)cc2Cl)CC1.[Br-]. The van der Waals surface area contributed by atoms with E-state index in [1.54, 1.807) is 6.92 Å². The van der Waals surface area contributed by atoms with Gasteiger partial charge in [-0.25, -0.2) is 9.69 Å². The Morgan fingerprint density at radius 1 is 1.45 bits per heavy atom. The van der Waals surface area contributed by atoms with Gasteiger partial charge in [-0.15, -0.1) is 0 Å². The third-order valence-electron chi connectivity index (χ3n) is 3.49. The highest BCUT2D eigenvalue weighted by molar-refractivity contribution is 6.34. The second-order valence-electron chi connectivity index (χ2n) is 5.15. The third-order valence-corrected chi connectivity index (χ3v) is 3.78. The van der Waals surface area contributed by atoms with Gasteiger partial charge in [-0.1, -0.05) is 17.7 Å². The Labute approximate surface area is 146 Å². The zero-order valence-corrected chi connectivity index (χ0v) is 15.4. The van der Waals surface area contributed by atoms with Crippen LogP contribution in [0.25, 0.3) is 0 Å². The number of halogens is 2. The van der Waals surface area contributed by atoms with Crippen LogP contribution < -0.4 is 27.6 Å². The van der Waals surface area contributed by atoms with E-state index in [2.05, 4.69) is 6.07 Å². The molecule has 0 saturated heterocycles. The smallest absolute Gasteiger partial charge is 0.351 e. The second kappa shape index (κ2) is 7.83. The summed E-state index contributed by atoms with van der Waals surface area (Å²) in [6.45, 7) is 7.72. The van der Waals surface area contributed by atoms with E-state index in [0.29, 0.717) is 30.7 Å². The summed E-state index contributed by atoms with van der Waals surface area (Å²) >= 11 is 6.36. The van der Waals surface area contributed by atoms with Gasteiger partial charge in [0.25, 0.3) is 0 Å². The Morgan fingerprint density at radius 3 is 2.73 bits per heavy atom. The fourth-order valence-corrected chi connectivity index (χ4v) is 3.04. The van der Waals surface area contributed by atoms with E-state index >= 15 is 0 Å². The number of esters is 1. The lowest BCUT2D eigenvalue weighted by atomic mass is 10.1. The van der Waals surface area contributed by atoms with Crippen molar-refractivity contribution in [1.29, 1.82) is 0 Å². The van der Waals surface area contributed by atoms with Gasteiger partial charge in [0.05, 0.1) is 18.2 Å². The first-order valence-corrected chi connectivity index (χ1v) is 7.39. The molecule has 22 heavy (non-hydrogen) atoms. The fraction of sp³-hybridized carbons (Fsp3) is 0.467. The number of nitrogens with two attached hydrogens (primary N) is 1. The lowest BCUT2D eigenvalue weighted by molar-refractivity contribution is -0.509. The van der Waals surface area contributed by atoms with Crippen molar-refractivity contribution in [3.8, 4) is 0 Å². The highest BCUT2D eigenvalue weighted by Gasteiger charge is 2.32. The topological polar surface area (TPSA) is 58.6 Å². The Balaban J connectivity index is 0.00000242. The van der Waals surface area contributed by atoms with Gasteiger partial charge < -0.3 is 21.7 Å². The maximum Gasteiger partial charge on any atom is 0.351 e. The molecule has 1 aliphatic heterocycles. The molecule has 1 aromatic rings. The molecule has 122 valence electrons. The molecule has 0 spiro atoms. The second-order valence-corrected chi connectivity index (χ2v) is 5.56. The predicted molar refractivity (Wildman–Crippen MR) is 84.1 cm³/mol. The number of carbonyl (C=O) groups is 1. The van der Waals surface area contributed by atoms with Gasteiger partial charge in [-0.3, -0.25) is 10.3 Å². The van der Waals surface area contributed by atoms with Crippen LogP contribution >= 0.6 is 11.6 Å². The molecule has 0 amide bonds. The molecule has 0 radical (unpaired) electrons. The van der Waals surface area contributed by atoms with Crippen molar-refractivity contribution in [2.45, 2.75) is 20.8 Å². The molecular formula is C15H21BrClN3O2. The largest absolute Gasteiger partial charge is 1.00 e. The fourth-order valence-electron chi connectivity index (χ4n) is 2.62. The standard InChI is InChI=1S/C15H20ClN3O2.BrH/c1-4-21-13(20)9-18-5-6-19(15(18)17)14-11(3)7-10(2)8-12(14)16;/h7-8,17H,4-6,9H2,1-3H3;1H. The molecule has 5 nitrogen and oxygen atoms in total. The number of aryl methyl sites for hydroxylation is 2. The average Bonchev–Trinajstić information content (AvgIpc) is 2.71. The molecule has 1 aliphatic rings. The number of ether oxygens (including phenoxy) is 1. The Kier molecular flexibility index (Phi) is 6.68. The zero-order valence-electron chi connectivity index (χ0n) is 13.0. The molecule has 0 saturated carbocycles. The van der Waals surface area contributed by atoms with Crippen LogP contribution in [0.1, 0.15) is 18.1 Å². The molecule has 2 rings (SSSR count). The number of anilines is 1. The van der Waals surface area contributed by atoms with Crippen LogP contribution in [0.5, 0.6) is 0 Å². The van der Waals surface area contributed by atoms with E-state index in [1.807, 2.05) is 29.4 Å². The van der Waals surface area contributed by atoms with Crippen LogP contribution in [-0.2, 0) is 9.53 Å². The molecule has 0 unspecified atom stereocenters. The van der Waals surface area contributed by atoms with E-state index < -0.39 is 0 Å². The minimum absolute atomic E-state index is 0. The third kappa shape index (κ3) is 3.93. The number of benzene rings is 1. The van der Waals surface area contributed by atoms with Crippen LogP contribution in [0.2, 0.25) is 5.02 Å². The highest BCUT2D eigenvalue weighted by Crippen LogP contribution is 2.31. The first-order valence-electron chi connectivity index (χ1n) is 7.01. The molecule has 0 aromatic heterocycles. The summed E-state index contributed by atoms with van der Waals surface area (Å²) < 4.78 is 6.78. The lowest BCUT2D eigenvalue weighted by Gasteiger charge is -2.16. The summed E-state index contributed by atoms with van der Waals surface area (Å²) in [4.78, 5) is 13.5. The predicted octanol–water partition coefficient (Wildman–Crippen LogP) is -1.33. The minimum atomic E-state index is -0.269. The van der Waals surface area contributed by atoms with Gasteiger partial charge in [0.2, 0.25) is 0 Å². The molecule has 0 bridgehead atoms. The maximum atomic E-state index is 11.6. The monoisotopic (exact) mass is 389 g/mol. The quantitative estimate of drug-likeness (QED) is 0.511. The van der Waals surface area contributed by atoms with Crippen molar-refractivity contribution < 1.29 is 31.1 Å². The van der Waals surface area contributed by atoms with Gasteiger partial charge in [0, 0.05) is 0 Å². The van der Waals surface area contributed by atoms with E-state index in [0.717, 1.165) is 16.8 Å². The van der Waals surface area contributed by atoms with Crippen molar-refractivity contribution in [3.63, 3.8) is 0 Å². The first-order chi connectivity index (χ1) is 9.93. The number of rotatable bonds is 4. The van der Waals surface area contributed by atoms with Gasteiger partial charge in [-0.2, -0.15) is 0 Å². The molecule has 7 heteroatoms. The zero-order chi connectivity index (χ0) is 15.6. The van der Waals surface area contributed by atoms with Crippen LogP contribution in [0.3, 0.4) is 0 Å². The van der Waals surface area contributed by atoms with Crippen molar-refractivity contribution >= 4 is 29.2 Å². The number of hydrogen-bond acceptors (Lipinski definition) is 4. The number of guanidine groups is 1. The van der Waals surface area contributed by atoms with Crippen LogP contribution in [-0.4, -0.2) is 42.7 Å². The molecule has 2 N–H and O–H groups in total. The van der Waals surface area contributed by atoms with Crippen LogP contribution in [0, 0.1) is 13.8 Å². The van der Waals surface area contributed by atoms with Crippen molar-refractivity contribution in [1.82, 2.24) is 0 Å². The summed E-state index contributed by atoms with van der Waals surface area (Å²) in [6, 6.07) is 3.99. The Bertz CT molecular complexity index is 581. The van der Waals surface area contributed by atoms with Gasteiger partial charge in [-0.05, 0) is 38.0 Å². The molecular weight excluding hydrogens is 370 g/mol. The molecule has 0 aliphatic carbocycles. The Morgan fingerprint density at radius 2 is 2.14 bits per heavy atom. The summed E-state index contributed by atoms with van der Waals surface area (Å²) in [7, 11) is 0. The normalized spacial score (nSPS) is 14.1. The van der Waals surface area contributed by atoms with Crippen molar-refractivity contribution in [2.24, 2.45) is 5.73 Å². The highest BCUT2D eigenvalue weighted by atomic mass is 79.9. The van der Waals surface area contributed by atoms with Gasteiger partial charge in [0.1, 0.15) is 12.2 Å². The summed E-state index contributed by atoms with van der Waals surface area (Å²) in [5.74, 6) is 0.269. The average molecular weight is 391 g/mol. The first kappa shape index (κ1) is 18.8. The summed E-state index contributed by atoms with van der Waals surface area (Å²) in [6.07, 6.45) is 0. The molecule has 1 heterocycles. The van der Waals surface area contributed by atoms with E-state index in [4.69, 9.17) is 22.1 Å². The summed E-state index contributed by atoms with van der Waals surface area (Å²) in [5.41, 5.74) is 9.27. The van der Waals surface area contributed by atoms with E-state index in [1.165, 1.54) is 0 Å². The van der Waals surface area contributed by atoms with Gasteiger partial charge >= 0.3 is 11.9 Å². The molecule has 1 aromatic carbocycles. The minimum Gasteiger partial charge on any atom is -1.00 e. The van der Waals surface area contributed by atoms with Gasteiger partial charge in [0.15, 0.2) is 6.54 Å². The number of nitrogens with zero attached hydrogens (tertiary/aromatic N) is 2. The van der Waals surface area contributed by atoms with E-state index in [-0.39, 0.29) is 29.5 Å². The van der Waals surface area contributed by atoms with E-state index in [9.17, 15) is 4.79 Å².